The molecule has 7 heteroatoms. The molecule has 0 aliphatic carbocycles. The van der Waals surface area contributed by atoms with E-state index in [1.165, 1.54) is 0 Å². The number of aliphatic hydroxyl groups is 1. The Bertz CT molecular complexity index is 475. The minimum atomic E-state index is -0.774. The highest BCUT2D eigenvalue weighted by Crippen LogP contribution is 2.32. The van der Waals surface area contributed by atoms with E-state index in [4.69, 9.17) is 33.7 Å². The number of para-hydroxylation sites is 1. The van der Waals surface area contributed by atoms with Crippen molar-refractivity contribution >= 4 is 29.1 Å². The molecule has 1 aromatic carbocycles. The zero-order valence-corrected chi connectivity index (χ0v) is 13.5. The monoisotopic (exact) mass is 334 g/mol. The number of hydrogen-bond acceptors (Lipinski definition) is 4. The van der Waals surface area contributed by atoms with Gasteiger partial charge in [-0.1, -0.05) is 29.3 Å². The van der Waals surface area contributed by atoms with E-state index >= 15 is 0 Å². The number of primary amides is 1. The van der Waals surface area contributed by atoms with Crippen molar-refractivity contribution in [2.45, 2.75) is 31.9 Å². The lowest BCUT2D eigenvalue weighted by atomic mass is 10.0. The van der Waals surface area contributed by atoms with Crippen LogP contribution in [0.4, 0.5) is 0 Å². The van der Waals surface area contributed by atoms with Gasteiger partial charge in [0.15, 0.2) is 5.75 Å². The Kier molecular flexibility index (Phi) is 6.74. The number of carbonyl (C=O) groups excluding carboxylic acids is 1. The molecule has 0 saturated carbocycles. The van der Waals surface area contributed by atoms with E-state index in [0.29, 0.717) is 15.8 Å². The van der Waals surface area contributed by atoms with E-state index in [1.807, 2.05) is 13.8 Å². The fraction of sp³-hybridized carbons (Fsp3) is 0.500. The second-order valence-electron chi connectivity index (χ2n) is 5.42. The summed E-state index contributed by atoms with van der Waals surface area (Å²) in [5, 5.41) is 13.7. The molecule has 1 rings (SSSR count). The molecule has 4 N–H and O–H groups in total. The van der Waals surface area contributed by atoms with E-state index in [9.17, 15) is 9.90 Å². The lowest BCUT2D eigenvalue weighted by molar-refractivity contribution is -0.119. The van der Waals surface area contributed by atoms with Crippen molar-refractivity contribution in [3.63, 3.8) is 0 Å². The second-order valence-corrected chi connectivity index (χ2v) is 6.24. The lowest BCUT2D eigenvalue weighted by Gasteiger charge is -2.26. The van der Waals surface area contributed by atoms with Gasteiger partial charge in [0.05, 0.1) is 10.0 Å². The Morgan fingerprint density at radius 2 is 2.00 bits per heavy atom. The largest absolute Gasteiger partial charge is 0.488 e. The molecule has 0 fully saturated rings. The Morgan fingerprint density at radius 1 is 1.43 bits per heavy atom. The van der Waals surface area contributed by atoms with Crippen LogP contribution >= 0.6 is 23.2 Å². The summed E-state index contributed by atoms with van der Waals surface area (Å²) in [7, 11) is 0. The van der Waals surface area contributed by atoms with Crippen LogP contribution in [0.3, 0.4) is 0 Å². The summed E-state index contributed by atoms with van der Waals surface area (Å²) in [5.41, 5.74) is 4.67. The fourth-order valence-corrected chi connectivity index (χ4v) is 2.26. The highest BCUT2D eigenvalue weighted by Gasteiger charge is 2.21. The molecular formula is C14H20Cl2N2O3. The SMILES string of the molecule is CC(C)(CC(N)=O)NCC(O)COc1c(Cl)cccc1Cl. The van der Waals surface area contributed by atoms with Crippen molar-refractivity contribution in [1.82, 2.24) is 5.32 Å². The van der Waals surface area contributed by atoms with Gasteiger partial charge in [-0.05, 0) is 26.0 Å². The Morgan fingerprint density at radius 3 is 2.52 bits per heavy atom. The van der Waals surface area contributed by atoms with E-state index < -0.39 is 17.6 Å². The van der Waals surface area contributed by atoms with Gasteiger partial charge in [-0.25, -0.2) is 0 Å². The standard InChI is InChI=1S/C14H20Cl2N2O3/c1-14(2,6-12(17)20)18-7-9(19)8-21-13-10(15)4-3-5-11(13)16/h3-5,9,18-19H,6-8H2,1-2H3,(H2,17,20). The van der Waals surface area contributed by atoms with Gasteiger partial charge in [0.25, 0.3) is 0 Å². The normalized spacial score (nSPS) is 13.0. The molecule has 0 radical (unpaired) electrons. The van der Waals surface area contributed by atoms with Gasteiger partial charge in [-0.2, -0.15) is 0 Å². The highest BCUT2D eigenvalue weighted by molar-refractivity contribution is 6.37. The molecule has 21 heavy (non-hydrogen) atoms. The van der Waals surface area contributed by atoms with E-state index in [0.717, 1.165) is 0 Å². The third kappa shape index (κ3) is 6.52. The number of carbonyl (C=O) groups is 1. The molecule has 0 aromatic heterocycles. The maximum absolute atomic E-state index is 10.9. The number of ether oxygens (including phenoxy) is 1. The summed E-state index contributed by atoms with van der Waals surface area (Å²) in [4.78, 5) is 10.9. The molecule has 1 unspecified atom stereocenters. The van der Waals surface area contributed by atoms with Crippen molar-refractivity contribution in [1.29, 1.82) is 0 Å². The Balaban J connectivity index is 2.44. The third-order valence-electron chi connectivity index (χ3n) is 2.77. The average molecular weight is 335 g/mol. The third-order valence-corrected chi connectivity index (χ3v) is 3.37. The van der Waals surface area contributed by atoms with Crippen molar-refractivity contribution in [3.8, 4) is 5.75 Å². The van der Waals surface area contributed by atoms with Gasteiger partial charge in [0.1, 0.15) is 12.7 Å². The molecule has 0 saturated heterocycles. The molecule has 1 aromatic rings. The van der Waals surface area contributed by atoms with Gasteiger partial charge in [-0.3, -0.25) is 4.79 Å². The number of amides is 1. The Labute approximate surface area is 134 Å². The van der Waals surface area contributed by atoms with Crippen molar-refractivity contribution in [2.24, 2.45) is 5.73 Å². The van der Waals surface area contributed by atoms with Crippen molar-refractivity contribution in [3.05, 3.63) is 28.2 Å². The summed E-state index contributed by atoms with van der Waals surface area (Å²) in [5.74, 6) is -0.0580. The predicted molar refractivity (Wildman–Crippen MR) is 83.9 cm³/mol. The van der Waals surface area contributed by atoms with Gasteiger partial charge >= 0.3 is 0 Å². The maximum Gasteiger partial charge on any atom is 0.219 e. The molecule has 0 aliphatic heterocycles. The van der Waals surface area contributed by atoms with Crippen LogP contribution in [0.25, 0.3) is 0 Å². The molecule has 0 spiro atoms. The number of hydrogen-bond donors (Lipinski definition) is 3. The molecule has 0 bridgehead atoms. The number of nitrogens with one attached hydrogen (secondary N) is 1. The predicted octanol–water partition coefficient (Wildman–Crippen LogP) is 1.98. The minimum absolute atomic E-state index is 0.0309. The van der Waals surface area contributed by atoms with Crippen LogP contribution in [0.15, 0.2) is 18.2 Å². The van der Waals surface area contributed by atoms with Crippen LogP contribution in [-0.2, 0) is 4.79 Å². The maximum atomic E-state index is 10.9. The molecule has 1 amide bonds. The van der Waals surface area contributed by atoms with Crippen LogP contribution in [0.5, 0.6) is 5.75 Å². The number of benzene rings is 1. The topological polar surface area (TPSA) is 84.6 Å². The van der Waals surface area contributed by atoms with Gasteiger partial charge in [0.2, 0.25) is 5.91 Å². The molecule has 0 heterocycles. The van der Waals surface area contributed by atoms with E-state index in [2.05, 4.69) is 5.32 Å². The summed E-state index contributed by atoms with van der Waals surface area (Å²) >= 11 is 11.9. The van der Waals surface area contributed by atoms with E-state index in [1.54, 1.807) is 18.2 Å². The van der Waals surface area contributed by atoms with Crippen molar-refractivity contribution < 1.29 is 14.6 Å². The first-order valence-electron chi connectivity index (χ1n) is 6.49. The van der Waals surface area contributed by atoms with Gasteiger partial charge in [0, 0.05) is 18.5 Å². The highest BCUT2D eigenvalue weighted by atomic mass is 35.5. The molecule has 1 atom stereocenters. The molecular weight excluding hydrogens is 315 g/mol. The van der Waals surface area contributed by atoms with Crippen LogP contribution in [-0.4, -0.2) is 35.8 Å². The molecule has 0 aliphatic rings. The van der Waals surface area contributed by atoms with Gasteiger partial charge in [-0.15, -0.1) is 0 Å². The quantitative estimate of drug-likeness (QED) is 0.678. The number of aliphatic hydroxyl groups excluding tert-OH is 1. The number of β-amino-alcohol motifs (C(OH)–C–C–N with tert-alkyl or cyclic N) is 1. The molecule has 5 nitrogen and oxygen atoms in total. The number of nitrogens with two attached hydrogens (primary N) is 1. The lowest BCUT2D eigenvalue weighted by Crippen LogP contribution is -2.46. The first-order valence-corrected chi connectivity index (χ1v) is 7.25. The zero-order valence-electron chi connectivity index (χ0n) is 12.0. The Hall–Kier alpha value is -1.01. The number of halogens is 2. The zero-order chi connectivity index (χ0) is 16.0. The minimum Gasteiger partial charge on any atom is -0.488 e. The number of rotatable bonds is 8. The van der Waals surface area contributed by atoms with Gasteiger partial charge < -0.3 is 20.9 Å². The fourth-order valence-electron chi connectivity index (χ4n) is 1.75. The smallest absolute Gasteiger partial charge is 0.219 e. The average Bonchev–Trinajstić information content (AvgIpc) is 2.34. The van der Waals surface area contributed by atoms with Crippen molar-refractivity contribution in [2.75, 3.05) is 13.2 Å². The van der Waals surface area contributed by atoms with Crippen LogP contribution < -0.4 is 15.8 Å². The summed E-state index contributed by atoms with van der Waals surface area (Å²) in [6.45, 7) is 3.94. The van der Waals surface area contributed by atoms with E-state index in [-0.39, 0.29) is 19.6 Å². The first-order chi connectivity index (χ1) is 9.71. The summed E-state index contributed by atoms with van der Waals surface area (Å²) in [6.07, 6.45) is -0.596. The molecule has 118 valence electrons. The van der Waals surface area contributed by atoms with Crippen LogP contribution in [0, 0.1) is 0 Å². The first kappa shape index (κ1) is 18.0. The van der Waals surface area contributed by atoms with Crippen LogP contribution in [0.1, 0.15) is 20.3 Å². The second kappa shape index (κ2) is 7.84. The summed E-state index contributed by atoms with van der Waals surface area (Å²) < 4.78 is 5.43. The van der Waals surface area contributed by atoms with Crippen LogP contribution in [0.2, 0.25) is 10.0 Å². The summed E-state index contributed by atoms with van der Waals surface area (Å²) in [6, 6.07) is 5.02.